The molecule has 1 fully saturated rings. The monoisotopic (exact) mass is 391 g/mol. The zero-order valence-corrected chi connectivity index (χ0v) is 15.9. The predicted octanol–water partition coefficient (Wildman–Crippen LogP) is 3.44. The molecular weight excluding hydrogens is 374 g/mol. The maximum Gasteiger partial charge on any atom is 0.183 e. The third kappa shape index (κ3) is 2.96. The average molecular weight is 392 g/mol. The number of sulfone groups is 1. The number of nitriles is 1. The molecule has 26 heavy (non-hydrogen) atoms. The second-order valence-electron chi connectivity index (χ2n) is 6.26. The van der Waals surface area contributed by atoms with Crippen LogP contribution in [-0.4, -0.2) is 34.5 Å². The second kappa shape index (κ2) is 6.92. The Hall–Kier alpha value is -2.07. The standard InChI is InChI=1S/C19H18ClNO4S/c1-24-12-19(11-21)17(13-3-7-15(25-2)8-4-13)18(19)26(22,23)16-9-5-14(20)6-10-16/h3-10,17-18H,12H2,1-2H3/t17-,18-,19+/m0/s1. The number of halogens is 1. The van der Waals surface area contributed by atoms with E-state index >= 15 is 0 Å². The van der Waals surface area contributed by atoms with Crippen LogP contribution < -0.4 is 4.74 Å². The number of hydrogen-bond donors (Lipinski definition) is 0. The summed E-state index contributed by atoms with van der Waals surface area (Å²) < 4.78 is 36.7. The molecule has 3 rings (SSSR count). The highest BCUT2D eigenvalue weighted by Gasteiger charge is 2.72. The fourth-order valence-corrected chi connectivity index (χ4v) is 5.93. The molecule has 0 radical (unpaired) electrons. The SMILES string of the molecule is COC[C@]1(C#N)[C@@H](c2ccc(OC)cc2)[C@@H]1S(=O)(=O)c1ccc(Cl)cc1. The van der Waals surface area contributed by atoms with E-state index < -0.39 is 26.4 Å². The lowest BCUT2D eigenvalue weighted by Gasteiger charge is -2.08. The first-order valence-corrected chi connectivity index (χ1v) is 9.86. The first-order valence-electron chi connectivity index (χ1n) is 7.94. The van der Waals surface area contributed by atoms with E-state index in [-0.39, 0.29) is 11.5 Å². The van der Waals surface area contributed by atoms with E-state index in [1.165, 1.54) is 31.4 Å². The Morgan fingerprint density at radius 3 is 2.23 bits per heavy atom. The van der Waals surface area contributed by atoms with Crippen LogP contribution in [0.4, 0.5) is 0 Å². The Morgan fingerprint density at radius 1 is 1.12 bits per heavy atom. The largest absolute Gasteiger partial charge is 0.497 e. The van der Waals surface area contributed by atoms with Gasteiger partial charge in [0.2, 0.25) is 0 Å². The molecule has 1 saturated carbocycles. The summed E-state index contributed by atoms with van der Waals surface area (Å²) in [5, 5.41) is 9.38. The van der Waals surface area contributed by atoms with E-state index in [9.17, 15) is 13.7 Å². The molecule has 1 aliphatic carbocycles. The minimum absolute atomic E-state index is 0.0394. The Kier molecular flexibility index (Phi) is 4.98. The summed E-state index contributed by atoms with van der Waals surface area (Å²) in [6.45, 7) is 0.0394. The smallest absolute Gasteiger partial charge is 0.183 e. The van der Waals surface area contributed by atoms with E-state index in [1.807, 2.05) is 0 Å². The van der Waals surface area contributed by atoms with Crippen LogP contribution in [0.25, 0.3) is 0 Å². The van der Waals surface area contributed by atoms with Crippen molar-refractivity contribution in [3.8, 4) is 11.8 Å². The van der Waals surface area contributed by atoms with Crippen molar-refractivity contribution in [3.63, 3.8) is 0 Å². The van der Waals surface area contributed by atoms with Gasteiger partial charge in [-0.05, 0) is 42.0 Å². The second-order valence-corrected chi connectivity index (χ2v) is 8.76. The summed E-state index contributed by atoms with van der Waals surface area (Å²) in [4.78, 5) is 0.152. The van der Waals surface area contributed by atoms with Crippen molar-refractivity contribution in [2.24, 2.45) is 5.41 Å². The molecule has 1 aliphatic rings. The van der Waals surface area contributed by atoms with Crippen LogP contribution in [0.5, 0.6) is 5.75 Å². The van der Waals surface area contributed by atoms with Gasteiger partial charge >= 0.3 is 0 Å². The zero-order valence-electron chi connectivity index (χ0n) is 14.3. The fourth-order valence-electron chi connectivity index (χ4n) is 3.49. The van der Waals surface area contributed by atoms with E-state index in [0.717, 1.165) is 5.56 Å². The third-order valence-electron chi connectivity index (χ3n) is 4.80. The van der Waals surface area contributed by atoms with Gasteiger partial charge < -0.3 is 9.47 Å². The number of methoxy groups -OCH3 is 2. The first-order chi connectivity index (χ1) is 12.4. The molecule has 0 bridgehead atoms. The molecule has 2 aromatic carbocycles. The van der Waals surface area contributed by atoms with Gasteiger partial charge in [0.25, 0.3) is 0 Å². The molecule has 136 valence electrons. The molecule has 2 aromatic rings. The van der Waals surface area contributed by atoms with Crippen LogP contribution in [0.2, 0.25) is 5.02 Å². The first kappa shape index (κ1) is 18.7. The number of nitrogens with zero attached hydrogens (tertiary/aromatic N) is 1. The summed E-state index contributed by atoms with van der Waals surface area (Å²) in [6.07, 6.45) is 0. The molecule has 0 N–H and O–H groups in total. The van der Waals surface area contributed by atoms with Crippen molar-refractivity contribution in [1.29, 1.82) is 5.26 Å². The number of rotatable bonds is 6. The Labute approximate surface area is 158 Å². The molecule has 0 aromatic heterocycles. The quantitative estimate of drug-likeness (QED) is 0.753. The molecule has 0 aliphatic heterocycles. The Morgan fingerprint density at radius 2 is 1.73 bits per heavy atom. The summed E-state index contributed by atoms with van der Waals surface area (Å²) in [5.41, 5.74) is -0.353. The van der Waals surface area contributed by atoms with Crippen LogP contribution in [0.1, 0.15) is 11.5 Å². The third-order valence-corrected chi connectivity index (χ3v) is 7.34. The summed E-state index contributed by atoms with van der Waals surface area (Å²) in [5.74, 6) is 0.194. The highest BCUT2D eigenvalue weighted by Crippen LogP contribution is 2.64. The van der Waals surface area contributed by atoms with Crippen LogP contribution in [0.15, 0.2) is 53.4 Å². The molecule has 5 nitrogen and oxygen atoms in total. The fraction of sp³-hybridized carbons (Fsp3) is 0.316. The average Bonchev–Trinajstić information content (AvgIpc) is 3.32. The lowest BCUT2D eigenvalue weighted by Crippen LogP contribution is -2.19. The van der Waals surface area contributed by atoms with Crippen LogP contribution in [0.3, 0.4) is 0 Å². The Bertz CT molecular complexity index is 935. The number of ether oxygens (including phenoxy) is 2. The summed E-state index contributed by atoms with van der Waals surface area (Å²) >= 11 is 5.86. The van der Waals surface area contributed by atoms with Crippen molar-refractivity contribution >= 4 is 21.4 Å². The zero-order chi connectivity index (χ0) is 18.9. The van der Waals surface area contributed by atoms with E-state index in [1.54, 1.807) is 31.4 Å². The minimum atomic E-state index is -3.73. The van der Waals surface area contributed by atoms with Gasteiger partial charge in [-0.3, -0.25) is 0 Å². The lowest BCUT2D eigenvalue weighted by molar-refractivity contribution is 0.162. The summed E-state index contributed by atoms with van der Waals surface area (Å²) in [7, 11) is -0.703. The molecule has 0 heterocycles. The lowest BCUT2D eigenvalue weighted by atomic mass is 10.0. The van der Waals surface area contributed by atoms with Crippen LogP contribution in [0, 0.1) is 16.7 Å². The molecule has 0 spiro atoms. The van der Waals surface area contributed by atoms with Gasteiger partial charge in [0.15, 0.2) is 9.84 Å². The molecule has 7 heteroatoms. The molecule has 3 atom stereocenters. The van der Waals surface area contributed by atoms with Crippen molar-refractivity contribution in [2.45, 2.75) is 16.1 Å². The van der Waals surface area contributed by atoms with Crippen molar-refractivity contribution in [2.75, 3.05) is 20.8 Å². The highest BCUT2D eigenvalue weighted by atomic mass is 35.5. The van der Waals surface area contributed by atoms with E-state index in [0.29, 0.717) is 10.8 Å². The van der Waals surface area contributed by atoms with Crippen LogP contribution in [-0.2, 0) is 14.6 Å². The van der Waals surface area contributed by atoms with Gasteiger partial charge in [-0.25, -0.2) is 8.42 Å². The maximum atomic E-state index is 13.2. The number of benzene rings is 2. The van der Waals surface area contributed by atoms with Gasteiger partial charge in [-0.15, -0.1) is 0 Å². The minimum Gasteiger partial charge on any atom is -0.497 e. The van der Waals surface area contributed by atoms with Crippen molar-refractivity contribution in [3.05, 3.63) is 59.1 Å². The van der Waals surface area contributed by atoms with Gasteiger partial charge in [0.05, 0.1) is 29.9 Å². The van der Waals surface area contributed by atoms with Gasteiger partial charge in [-0.1, -0.05) is 23.7 Å². The normalized spacial score (nSPS) is 24.7. The van der Waals surface area contributed by atoms with Gasteiger partial charge in [0, 0.05) is 18.1 Å². The highest BCUT2D eigenvalue weighted by molar-refractivity contribution is 7.92. The summed E-state index contributed by atoms with van der Waals surface area (Å²) in [6, 6.07) is 15.3. The topological polar surface area (TPSA) is 76.4 Å². The van der Waals surface area contributed by atoms with Crippen molar-refractivity contribution in [1.82, 2.24) is 0 Å². The maximum absolute atomic E-state index is 13.2. The van der Waals surface area contributed by atoms with Gasteiger partial charge in [-0.2, -0.15) is 5.26 Å². The molecule has 0 amide bonds. The van der Waals surface area contributed by atoms with Crippen LogP contribution >= 0.6 is 11.6 Å². The Balaban J connectivity index is 2.05. The van der Waals surface area contributed by atoms with E-state index in [4.69, 9.17) is 21.1 Å². The predicted molar refractivity (Wildman–Crippen MR) is 98.1 cm³/mol. The molecule has 0 saturated heterocycles. The molecular formula is C19H18ClNO4S. The number of hydrogen-bond acceptors (Lipinski definition) is 5. The van der Waals surface area contributed by atoms with Crippen molar-refractivity contribution < 1.29 is 17.9 Å². The van der Waals surface area contributed by atoms with Gasteiger partial charge in [0.1, 0.15) is 11.2 Å². The molecule has 0 unspecified atom stereocenters. The van der Waals surface area contributed by atoms with E-state index in [2.05, 4.69) is 6.07 Å².